The molecule has 0 aliphatic carbocycles. The molecular weight excluding hydrogens is 306 g/mol. The lowest BCUT2D eigenvalue weighted by atomic mass is 9.95. The maximum atomic E-state index is 12.2. The average molecular weight is 326 g/mol. The average Bonchev–Trinajstić information content (AvgIpc) is 2.26. The van der Waals surface area contributed by atoms with Crippen LogP contribution < -0.4 is 0 Å². The molecule has 0 radical (unpaired) electrons. The number of amides is 1. The van der Waals surface area contributed by atoms with Crippen molar-refractivity contribution in [2.75, 3.05) is 0 Å². The van der Waals surface area contributed by atoms with Gasteiger partial charge >= 0.3 is 6.09 Å². The van der Waals surface area contributed by atoms with E-state index in [0.29, 0.717) is 6.54 Å². The third kappa shape index (κ3) is 3.30. The van der Waals surface area contributed by atoms with Crippen molar-refractivity contribution in [3.8, 4) is 0 Å². The van der Waals surface area contributed by atoms with Crippen LogP contribution in [0.15, 0.2) is 22.7 Å². The van der Waals surface area contributed by atoms with E-state index in [1.54, 1.807) is 4.90 Å². The quantitative estimate of drug-likeness (QED) is 0.717. The van der Waals surface area contributed by atoms with Crippen molar-refractivity contribution in [2.45, 2.75) is 52.3 Å². The molecule has 1 unspecified atom stereocenters. The fraction of sp³-hybridized carbons (Fsp3) is 0.533. The number of fused-ring (bicyclic) bond motifs is 1. The third-order valence-electron chi connectivity index (χ3n) is 3.22. The third-order valence-corrected chi connectivity index (χ3v) is 3.96. The van der Waals surface area contributed by atoms with Gasteiger partial charge in [0, 0.05) is 10.5 Å². The molecule has 104 valence electrons. The molecule has 1 heterocycles. The first kappa shape index (κ1) is 14.4. The molecule has 0 fully saturated rings. The Balaban J connectivity index is 2.21. The Labute approximate surface area is 123 Å². The number of carbonyl (C=O) groups is 1. The van der Waals surface area contributed by atoms with E-state index >= 15 is 0 Å². The summed E-state index contributed by atoms with van der Waals surface area (Å²) >= 11 is 3.56. The molecule has 1 aliphatic rings. The van der Waals surface area contributed by atoms with Gasteiger partial charge in [0.25, 0.3) is 0 Å². The fourth-order valence-electron chi connectivity index (χ4n) is 2.29. The predicted molar refractivity (Wildman–Crippen MR) is 79.1 cm³/mol. The van der Waals surface area contributed by atoms with E-state index in [4.69, 9.17) is 4.74 Å². The molecule has 1 atom stereocenters. The summed E-state index contributed by atoms with van der Waals surface area (Å²) in [5.74, 6) is 0. The Kier molecular flexibility index (Phi) is 3.90. The predicted octanol–water partition coefficient (Wildman–Crippen LogP) is 4.13. The molecule has 0 aromatic heterocycles. The van der Waals surface area contributed by atoms with Crippen LogP contribution >= 0.6 is 15.9 Å². The van der Waals surface area contributed by atoms with E-state index in [-0.39, 0.29) is 12.1 Å². The topological polar surface area (TPSA) is 29.5 Å². The zero-order valence-corrected chi connectivity index (χ0v) is 13.5. The number of halogens is 1. The van der Waals surface area contributed by atoms with Gasteiger partial charge in [-0.1, -0.05) is 28.1 Å². The monoisotopic (exact) mass is 325 g/mol. The smallest absolute Gasteiger partial charge is 0.410 e. The number of ether oxygens (including phenoxy) is 1. The normalized spacial score (nSPS) is 19.0. The second-order valence-electron chi connectivity index (χ2n) is 6.04. The number of benzene rings is 1. The van der Waals surface area contributed by atoms with Gasteiger partial charge in [-0.05, 0) is 51.3 Å². The zero-order valence-electron chi connectivity index (χ0n) is 11.9. The van der Waals surface area contributed by atoms with Crippen LogP contribution in [0.4, 0.5) is 4.79 Å². The van der Waals surface area contributed by atoms with E-state index in [9.17, 15) is 4.79 Å². The summed E-state index contributed by atoms with van der Waals surface area (Å²) in [6.45, 7) is 8.34. The maximum Gasteiger partial charge on any atom is 0.410 e. The Morgan fingerprint density at radius 2 is 2.11 bits per heavy atom. The molecule has 2 rings (SSSR count). The standard InChI is InChI=1S/C15H20BrNO2/c1-10-8-11-6-5-7-13(16)12(11)9-17(10)14(18)19-15(2,3)4/h5-7,10H,8-9H2,1-4H3. The van der Waals surface area contributed by atoms with Crippen LogP contribution in [0.25, 0.3) is 0 Å². The van der Waals surface area contributed by atoms with Crippen LogP contribution in [-0.4, -0.2) is 22.6 Å². The summed E-state index contributed by atoms with van der Waals surface area (Å²) < 4.78 is 6.53. The summed E-state index contributed by atoms with van der Waals surface area (Å²) in [5.41, 5.74) is 2.04. The fourth-order valence-corrected chi connectivity index (χ4v) is 2.82. The van der Waals surface area contributed by atoms with Gasteiger partial charge in [0.05, 0.1) is 6.54 Å². The van der Waals surface area contributed by atoms with Crippen molar-refractivity contribution in [3.05, 3.63) is 33.8 Å². The number of rotatable bonds is 0. The highest BCUT2D eigenvalue weighted by atomic mass is 79.9. The Bertz CT molecular complexity index is 493. The first-order valence-corrected chi connectivity index (χ1v) is 7.33. The second kappa shape index (κ2) is 5.16. The molecule has 0 saturated heterocycles. The van der Waals surface area contributed by atoms with Crippen LogP contribution in [0.1, 0.15) is 38.8 Å². The number of hydrogen-bond donors (Lipinski definition) is 0. The molecule has 0 saturated carbocycles. The summed E-state index contributed by atoms with van der Waals surface area (Å²) in [6, 6.07) is 6.35. The lowest BCUT2D eigenvalue weighted by Gasteiger charge is -2.36. The van der Waals surface area contributed by atoms with E-state index < -0.39 is 5.60 Å². The molecule has 1 aromatic carbocycles. The Morgan fingerprint density at radius 1 is 1.42 bits per heavy atom. The summed E-state index contributed by atoms with van der Waals surface area (Å²) in [6.07, 6.45) is 0.634. The molecule has 1 amide bonds. The van der Waals surface area contributed by atoms with Crippen LogP contribution in [0.2, 0.25) is 0 Å². The molecule has 1 aromatic rings. The van der Waals surface area contributed by atoms with Crippen molar-refractivity contribution >= 4 is 22.0 Å². The van der Waals surface area contributed by atoms with E-state index in [2.05, 4.69) is 28.9 Å². The van der Waals surface area contributed by atoms with Crippen molar-refractivity contribution in [3.63, 3.8) is 0 Å². The minimum atomic E-state index is -0.453. The lowest BCUT2D eigenvalue weighted by molar-refractivity contribution is 0.0138. The van der Waals surface area contributed by atoms with Gasteiger partial charge in [0.2, 0.25) is 0 Å². The summed E-state index contributed by atoms with van der Waals surface area (Å²) in [5, 5.41) is 0. The molecular formula is C15H20BrNO2. The van der Waals surface area contributed by atoms with Gasteiger partial charge in [-0.3, -0.25) is 0 Å². The molecule has 0 bridgehead atoms. The van der Waals surface area contributed by atoms with E-state index in [0.717, 1.165) is 10.9 Å². The van der Waals surface area contributed by atoms with Gasteiger partial charge in [-0.25, -0.2) is 4.79 Å². The van der Waals surface area contributed by atoms with Crippen molar-refractivity contribution in [2.24, 2.45) is 0 Å². The van der Waals surface area contributed by atoms with Crippen molar-refractivity contribution < 1.29 is 9.53 Å². The number of nitrogens with zero attached hydrogens (tertiary/aromatic N) is 1. The highest BCUT2D eigenvalue weighted by molar-refractivity contribution is 9.10. The Hall–Kier alpha value is -1.03. The highest BCUT2D eigenvalue weighted by Crippen LogP contribution is 2.30. The van der Waals surface area contributed by atoms with Crippen LogP contribution in [0.5, 0.6) is 0 Å². The van der Waals surface area contributed by atoms with Gasteiger partial charge in [-0.15, -0.1) is 0 Å². The second-order valence-corrected chi connectivity index (χ2v) is 6.89. The molecule has 0 N–H and O–H groups in total. The number of carbonyl (C=O) groups excluding carboxylic acids is 1. The van der Waals surface area contributed by atoms with Crippen LogP contribution in [-0.2, 0) is 17.7 Å². The first-order valence-electron chi connectivity index (χ1n) is 6.54. The summed E-state index contributed by atoms with van der Waals surface area (Å²) in [4.78, 5) is 14.0. The largest absolute Gasteiger partial charge is 0.444 e. The van der Waals surface area contributed by atoms with Gasteiger partial charge in [-0.2, -0.15) is 0 Å². The van der Waals surface area contributed by atoms with E-state index in [1.807, 2.05) is 32.9 Å². The zero-order chi connectivity index (χ0) is 14.2. The SMILES string of the molecule is CC1Cc2cccc(Br)c2CN1C(=O)OC(C)(C)C. The first-order chi connectivity index (χ1) is 8.78. The van der Waals surface area contributed by atoms with Crippen LogP contribution in [0.3, 0.4) is 0 Å². The van der Waals surface area contributed by atoms with E-state index in [1.165, 1.54) is 11.1 Å². The van der Waals surface area contributed by atoms with Crippen LogP contribution in [0, 0.1) is 0 Å². The summed E-state index contributed by atoms with van der Waals surface area (Å²) in [7, 11) is 0. The van der Waals surface area contributed by atoms with Gasteiger partial charge < -0.3 is 9.64 Å². The molecule has 0 spiro atoms. The lowest BCUT2D eigenvalue weighted by Crippen LogP contribution is -2.45. The number of hydrogen-bond acceptors (Lipinski definition) is 2. The van der Waals surface area contributed by atoms with Gasteiger partial charge in [0.15, 0.2) is 0 Å². The molecule has 1 aliphatic heterocycles. The molecule has 4 heteroatoms. The molecule has 3 nitrogen and oxygen atoms in total. The molecule has 19 heavy (non-hydrogen) atoms. The van der Waals surface area contributed by atoms with Gasteiger partial charge in [0.1, 0.15) is 5.60 Å². The highest BCUT2D eigenvalue weighted by Gasteiger charge is 2.31. The van der Waals surface area contributed by atoms with Crippen molar-refractivity contribution in [1.82, 2.24) is 4.90 Å². The Morgan fingerprint density at radius 3 is 2.74 bits per heavy atom. The maximum absolute atomic E-state index is 12.2. The van der Waals surface area contributed by atoms with Crippen molar-refractivity contribution in [1.29, 1.82) is 0 Å². The minimum Gasteiger partial charge on any atom is -0.444 e. The minimum absolute atomic E-state index is 0.164.